The van der Waals surface area contributed by atoms with E-state index >= 15 is 0 Å². The molecule has 0 bridgehead atoms. The van der Waals surface area contributed by atoms with E-state index in [0.717, 1.165) is 0 Å². The molecule has 4 atom stereocenters. The van der Waals surface area contributed by atoms with Gasteiger partial charge in [-0.25, -0.2) is 0 Å². The van der Waals surface area contributed by atoms with Gasteiger partial charge >= 0.3 is 0 Å². The standard InChI is InChI=1S/C24H25NO5/c25-23(30)21(28)19(26)20(27)22(29)24(16-10-4-1-5-11-16,17-12-6-2-7-13-17)18-14-8-3-9-15-18/h1-15,19-22,26-29H,(H2,25,30)/t19-,20+,21-,22?/m1/s1/i/hD. The number of benzene rings is 3. The molecule has 0 aromatic heterocycles. The summed E-state index contributed by atoms with van der Waals surface area (Å²) in [6, 6.07) is 27.1. The van der Waals surface area contributed by atoms with Gasteiger partial charge in [0.15, 0.2) is 7.52 Å². The van der Waals surface area contributed by atoms with Crippen LogP contribution in [0.15, 0.2) is 91.0 Å². The fraction of sp³-hybridized carbons (Fsp3) is 0.208. The number of carbonyl (C=O) groups is 1. The minimum absolute atomic E-state index is 0.644. The van der Waals surface area contributed by atoms with Gasteiger partial charge in [0, 0.05) is 0 Å². The zero-order valence-electron chi connectivity index (χ0n) is 17.2. The van der Waals surface area contributed by atoms with Crippen LogP contribution in [0, 0.1) is 0 Å². The van der Waals surface area contributed by atoms with Gasteiger partial charge in [0.05, 0.1) is 5.41 Å². The number of rotatable bonds is 8. The monoisotopic (exact) mass is 408 g/mol. The zero-order valence-corrected chi connectivity index (χ0v) is 16.2. The fourth-order valence-electron chi connectivity index (χ4n) is 3.90. The van der Waals surface area contributed by atoms with Crippen LogP contribution in [0.4, 0.5) is 0 Å². The molecule has 0 aliphatic carbocycles. The molecular weight excluding hydrogens is 382 g/mol. The zero-order chi connectivity index (χ0) is 22.4. The predicted molar refractivity (Wildman–Crippen MR) is 112 cm³/mol. The van der Waals surface area contributed by atoms with Crippen molar-refractivity contribution in [3.05, 3.63) is 108 Å². The van der Waals surface area contributed by atoms with Crippen molar-refractivity contribution in [3.8, 4) is 0 Å². The van der Waals surface area contributed by atoms with Gasteiger partial charge in [-0.2, -0.15) is 0 Å². The van der Waals surface area contributed by atoms with Gasteiger partial charge in [0.2, 0.25) is 5.91 Å². The molecule has 0 radical (unpaired) electrons. The molecule has 6 nitrogen and oxygen atoms in total. The van der Waals surface area contributed by atoms with Crippen LogP contribution in [0.5, 0.6) is 0 Å². The lowest BCUT2D eigenvalue weighted by Crippen LogP contribution is -2.56. The number of primary amides is 1. The number of aliphatic hydroxyl groups is 4. The SMILES string of the molecule is [2H]NC(=O)[C@H](O)[C@H](O)[C@H](O)C(O)C(c1ccccc1)(c1ccccc1)c1ccccc1. The van der Waals surface area contributed by atoms with Crippen molar-refractivity contribution in [2.45, 2.75) is 29.8 Å². The summed E-state index contributed by atoms with van der Waals surface area (Å²) in [4.78, 5) is 11.6. The van der Waals surface area contributed by atoms with Gasteiger partial charge in [-0.3, -0.25) is 4.79 Å². The number of carbonyl (C=O) groups excluding carboxylic acids is 1. The highest BCUT2D eigenvalue weighted by molar-refractivity contribution is 5.79. The third-order valence-corrected chi connectivity index (χ3v) is 5.40. The lowest BCUT2D eigenvalue weighted by Gasteiger charge is -2.43. The molecule has 0 saturated carbocycles. The highest BCUT2D eigenvalue weighted by Crippen LogP contribution is 2.43. The highest BCUT2D eigenvalue weighted by Gasteiger charge is 2.49. The van der Waals surface area contributed by atoms with Crippen LogP contribution in [0.1, 0.15) is 16.7 Å². The third kappa shape index (κ3) is 3.86. The van der Waals surface area contributed by atoms with Crippen LogP contribution >= 0.6 is 0 Å². The molecule has 30 heavy (non-hydrogen) atoms. The van der Waals surface area contributed by atoms with E-state index in [1.165, 1.54) is 5.73 Å². The second kappa shape index (κ2) is 9.19. The Hall–Kier alpha value is -3.03. The van der Waals surface area contributed by atoms with Crippen LogP contribution in [-0.4, -0.2) is 50.7 Å². The summed E-state index contributed by atoms with van der Waals surface area (Å²) in [5, 5.41) is 43.0. The average Bonchev–Trinajstić information content (AvgIpc) is 2.84. The average molecular weight is 408 g/mol. The molecule has 1 amide bonds. The van der Waals surface area contributed by atoms with E-state index in [4.69, 9.17) is 1.41 Å². The van der Waals surface area contributed by atoms with Crippen LogP contribution in [-0.2, 0) is 10.2 Å². The van der Waals surface area contributed by atoms with Gasteiger partial charge in [0.25, 0.3) is 0 Å². The third-order valence-electron chi connectivity index (χ3n) is 5.40. The molecule has 3 aromatic carbocycles. The Morgan fingerprint density at radius 2 is 1.07 bits per heavy atom. The number of nitrogens with two attached hydrogens (primary N) is 1. The lowest BCUT2D eigenvalue weighted by molar-refractivity contribution is -0.146. The smallest absolute Gasteiger partial charge is 0.249 e. The van der Waals surface area contributed by atoms with Crippen molar-refractivity contribution >= 4 is 5.91 Å². The van der Waals surface area contributed by atoms with Gasteiger partial charge < -0.3 is 26.2 Å². The molecule has 3 rings (SSSR count). The minimum atomic E-state index is -2.10. The van der Waals surface area contributed by atoms with Crippen molar-refractivity contribution in [1.82, 2.24) is 0 Å². The first-order valence-electron chi connectivity index (χ1n) is 10.0. The van der Waals surface area contributed by atoms with Gasteiger partial charge in [-0.05, 0) is 16.7 Å². The molecule has 156 valence electrons. The molecule has 6 N–H and O–H groups in total. The Morgan fingerprint density at radius 1 is 0.700 bits per heavy atom. The summed E-state index contributed by atoms with van der Waals surface area (Å²) in [5.41, 5.74) is 2.08. The summed E-state index contributed by atoms with van der Waals surface area (Å²) < 4.78 is 6.89. The lowest BCUT2D eigenvalue weighted by atomic mass is 9.64. The van der Waals surface area contributed by atoms with E-state index in [0.29, 0.717) is 16.7 Å². The molecule has 0 saturated heterocycles. The second-order valence-corrected chi connectivity index (χ2v) is 7.14. The van der Waals surface area contributed by atoms with E-state index in [2.05, 4.69) is 0 Å². The number of hydrogen-bond acceptors (Lipinski definition) is 5. The summed E-state index contributed by atoms with van der Waals surface area (Å²) in [7, 11) is 0. The molecular formula is C24H25NO5. The van der Waals surface area contributed by atoms with E-state index in [1.807, 2.05) is 18.2 Å². The molecule has 0 aliphatic heterocycles. The first kappa shape index (κ1) is 20.3. The minimum Gasteiger partial charge on any atom is -0.389 e. The fourth-order valence-corrected chi connectivity index (χ4v) is 3.90. The number of aliphatic hydroxyl groups excluding tert-OH is 4. The Labute approximate surface area is 176 Å². The molecule has 1 unspecified atom stereocenters. The van der Waals surface area contributed by atoms with Gasteiger partial charge in [-0.15, -0.1) is 0 Å². The first-order chi connectivity index (χ1) is 14.9. The van der Waals surface area contributed by atoms with Crippen molar-refractivity contribution in [2.24, 2.45) is 5.73 Å². The second-order valence-electron chi connectivity index (χ2n) is 7.14. The van der Waals surface area contributed by atoms with Crippen molar-refractivity contribution < 1.29 is 26.6 Å². The van der Waals surface area contributed by atoms with Crippen LogP contribution in [0.2, 0.25) is 1.41 Å². The number of amides is 1. The molecule has 0 spiro atoms. The van der Waals surface area contributed by atoms with Crippen molar-refractivity contribution in [3.63, 3.8) is 0 Å². The van der Waals surface area contributed by atoms with Crippen LogP contribution in [0.3, 0.4) is 0 Å². The van der Waals surface area contributed by atoms with Crippen molar-refractivity contribution in [1.29, 1.82) is 0 Å². The van der Waals surface area contributed by atoms with Crippen LogP contribution in [0.25, 0.3) is 0 Å². The topological polar surface area (TPSA) is 124 Å². The normalized spacial score (nSPS) is 16.1. The molecule has 0 heterocycles. The molecule has 3 aromatic rings. The van der Waals surface area contributed by atoms with Crippen molar-refractivity contribution in [2.75, 3.05) is 0 Å². The summed E-state index contributed by atoms with van der Waals surface area (Å²) in [6.07, 6.45) is -7.71. The maximum Gasteiger partial charge on any atom is 0.249 e. The van der Waals surface area contributed by atoms with E-state index in [9.17, 15) is 25.2 Å². The van der Waals surface area contributed by atoms with E-state index in [-0.39, 0.29) is 0 Å². The first-order valence-corrected chi connectivity index (χ1v) is 9.55. The summed E-state index contributed by atoms with van der Waals surface area (Å²) in [5.74, 6) is -1.19. The Kier molecular flexibility index (Phi) is 6.21. The maximum absolute atomic E-state index is 11.6. The quantitative estimate of drug-likeness (QED) is 0.355. The van der Waals surface area contributed by atoms with Gasteiger partial charge in [0.1, 0.15) is 18.3 Å². The number of hydrogen-bond donors (Lipinski definition) is 5. The Bertz CT molecular complexity index is 874. The molecule has 0 aliphatic rings. The van der Waals surface area contributed by atoms with Gasteiger partial charge in [-0.1, -0.05) is 91.0 Å². The summed E-state index contributed by atoms with van der Waals surface area (Å²) in [6.45, 7) is 0. The van der Waals surface area contributed by atoms with E-state index in [1.54, 1.807) is 72.8 Å². The molecule has 0 fully saturated rings. The largest absolute Gasteiger partial charge is 0.389 e. The Balaban J connectivity index is 2.24. The maximum atomic E-state index is 11.6. The Morgan fingerprint density at radius 3 is 1.40 bits per heavy atom. The van der Waals surface area contributed by atoms with E-state index < -0.39 is 35.7 Å². The summed E-state index contributed by atoms with van der Waals surface area (Å²) >= 11 is 0. The molecule has 6 heteroatoms. The van der Waals surface area contributed by atoms with Crippen LogP contribution < -0.4 is 5.73 Å². The predicted octanol–water partition coefficient (Wildman–Crippen LogP) is 0.950. The highest BCUT2D eigenvalue weighted by atomic mass is 16.4.